The highest BCUT2D eigenvalue weighted by molar-refractivity contribution is 7.18. The molecule has 2 aromatic heterocycles. The summed E-state index contributed by atoms with van der Waals surface area (Å²) < 4.78 is 10.4. The quantitative estimate of drug-likeness (QED) is 0.766. The summed E-state index contributed by atoms with van der Waals surface area (Å²) in [6.07, 6.45) is -0.598. The first kappa shape index (κ1) is 17.2. The van der Waals surface area contributed by atoms with E-state index < -0.39 is 17.8 Å². The topological polar surface area (TPSA) is 81.4 Å². The van der Waals surface area contributed by atoms with Crippen LogP contribution in [0.3, 0.4) is 0 Å². The minimum Gasteiger partial charge on any atom is -0.445 e. The van der Waals surface area contributed by atoms with Crippen LogP contribution in [0.2, 0.25) is 0 Å². The van der Waals surface area contributed by atoms with E-state index in [1.165, 1.54) is 11.3 Å². The van der Waals surface area contributed by atoms with Crippen molar-refractivity contribution in [1.82, 2.24) is 10.3 Å². The zero-order valence-corrected chi connectivity index (χ0v) is 15.0. The van der Waals surface area contributed by atoms with Crippen LogP contribution in [-0.2, 0) is 11.3 Å². The number of hydrogen-bond acceptors (Lipinski definition) is 6. The number of thiophene rings is 1. The Labute approximate surface area is 148 Å². The van der Waals surface area contributed by atoms with Crippen LogP contribution in [0.4, 0.5) is 4.79 Å². The molecule has 0 unspecified atom stereocenters. The Morgan fingerprint density at radius 2 is 2.04 bits per heavy atom. The van der Waals surface area contributed by atoms with E-state index in [9.17, 15) is 9.59 Å². The van der Waals surface area contributed by atoms with E-state index in [1.54, 1.807) is 6.92 Å². The fraction of sp³-hybridized carbons (Fsp3) is 0.278. The van der Waals surface area contributed by atoms with Crippen LogP contribution in [0.15, 0.2) is 39.5 Å². The van der Waals surface area contributed by atoms with E-state index in [2.05, 4.69) is 10.3 Å². The zero-order chi connectivity index (χ0) is 18.0. The molecule has 0 radical (unpaired) electrons. The van der Waals surface area contributed by atoms with Crippen molar-refractivity contribution in [2.24, 2.45) is 0 Å². The largest absolute Gasteiger partial charge is 0.445 e. The number of carbonyl (C=O) groups excluding carboxylic acids is 1. The summed E-state index contributed by atoms with van der Waals surface area (Å²) in [6.45, 7) is 5.66. The Bertz CT molecular complexity index is 962. The molecule has 1 aromatic carbocycles. The third kappa shape index (κ3) is 3.71. The molecular weight excluding hydrogens is 340 g/mol. The van der Waals surface area contributed by atoms with Crippen LogP contribution in [-0.4, -0.2) is 11.1 Å². The van der Waals surface area contributed by atoms with Gasteiger partial charge in [-0.2, -0.15) is 0 Å². The molecule has 1 amide bonds. The van der Waals surface area contributed by atoms with Crippen molar-refractivity contribution < 1.29 is 13.9 Å². The van der Waals surface area contributed by atoms with E-state index >= 15 is 0 Å². The molecule has 0 spiro atoms. The Kier molecular flexibility index (Phi) is 4.85. The van der Waals surface area contributed by atoms with E-state index in [0.717, 1.165) is 16.0 Å². The van der Waals surface area contributed by atoms with Gasteiger partial charge in [0.05, 0.1) is 0 Å². The van der Waals surface area contributed by atoms with Crippen molar-refractivity contribution in [1.29, 1.82) is 0 Å². The van der Waals surface area contributed by atoms with Gasteiger partial charge in [0.1, 0.15) is 22.9 Å². The smallest absolute Gasteiger partial charge is 0.408 e. The van der Waals surface area contributed by atoms with Gasteiger partial charge in [0.2, 0.25) is 5.89 Å². The van der Waals surface area contributed by atoms with Gasteiger partial charge >= 0.3 is 11.7 Å². The average molecular weight is 358 g/mol. The Balaban J connectivity index is 1.70. The molecule has 6 nitrogen and oxygen atoms in total. The number of rotatable bonds is 4. The number of nitrogens with zero attached hydrogens (tertiary/aromatic N) is 1. The van der Waals surface area contributed by atoms with Gasteiger partial charge in [0, 0.05) is 4.88 Å². The Morgan fingerprint density at radius 1 is 1.32 bits per heavy atom. The SMILES string of the molecule is Cc1sc2nc([C@H](C)NC(=O)OCc3ccccc3)oc(=O)c2c1C. The normalized spacial score (nSPS) is 12.1. The third-order valence-corrected chi connectivity index (χ3v) is 5.00. The number of aromatic nitrogens is 1. The molecule has 0 aliphatic rings. The summed E-state index contributed by atoms with van der Waals surface area (Å²) in [6, 6.07) is 8.79. The molecule has 3 rings (SSSR count). The zero-order valence-electron chi connectivity index (χ0n) is 14.2. The molecule has 1 atom stereocenters. The van der Waals surface area contributed by atoms with Gasteiger partial charge in [0.25, 0.3) is 0 Å². The molecule has 0 fully saturated rings. The van der Waals surface area contributed by atoms with Gasteiger partial charge < -0.3 is 14.5 Å². The number of carbonyl (C=O) groups is 1. The number of aryl methyl sites for hydroxylation is 2. The van der Waals surface area contributed by atoms with Gasteiger partial charge in [-0.05, 0) is 31.9 Å². The standard InChI is InChI=1S/C18H18N2O4S/c1-10-12(3)25-16-14(10)17(21)24-15(20-16)11(2)19-18(22)23-9-13-7-5-4-6-8-13/h4-8,11H,9H2,1-3H3,(H,19,22)/t11-/m0/s1. The lowest BCUT2D eigenvalue weighted by atomic mass is 10.2. The minimum absolute atomic E-state index is 0.162. The summed E-state index contributed by atoms with van der Waals surface area (Å²) in [5.74, 6) is 0.162. The van der Waals surface area contributed by atoms with E-state index in [-0.39, 0.29) is 12.5 Å². The predicted molar refractivity (Wildman–Crippen MR) is 95.8 cm³/mol. The first-order valence-corrected chi connectivity index (χ1v) is 8.65. The summed E-state index contributed by atoms with van der Waals surface area (Å²) in [5, 5.41) is 3.13. The highest BCUT2D eigenvalue weighted by atomic mass is 32.1. The maximum Gasteiger partial charge on any atom is 0.408 e. The Hall–Kier alpha value is -2.67. The molecule has 0 aliphatic heterocycles. The number of alkyl carbamates (subject to hydrolysis) is 1. The van der Waals surface area contributed by atoms with E-state index in [4.69, 9.17) is 9.15 Å². The number of amides is 1. The molecule has 2 heterocycles. The second-order valence-corrected chi connectivity index (χ2v) is 6.93. The van der Waals surface area contributed by atoms with Crippen molar-refractivity contribution >= 4 is 27.6 Å². The molecule has 0 bridgehead atoms. The highest BCUT2D eigenvalue weighted by Gasteiger charge is 2.19. The number of fused-ring (bicyclic) bond motifs is 1. The van der Waals surface area contributed by atoms with Crippen LogP contribution in [0, 0.1) is 13.8 Å². The summed E-state index contributed by atoms with van der Waals surface area (Å²) in [7, 11) is 0. The van der Waals surface area contributed by atoms with Crippen molar-refractivity contribution in [2.75, 3.05) is 0 Å². The van der Waals surface area contributed by atoms with Crippen LogP contribution in [0.25, 0.3) is 10.2 Å². The van der Waals surface area contributed by atoms with Crippen molar-refractivity contribution in [3.05, 3.63) is 62.6 Å². The average Bonchev–Trinajstić information content (AvgIpc) is 2.88. The first-order valence-electron chi connectivity index (χ1n) is 7.83. The molecule has 25 heavy (non-hydrogen) atoms. The van der Waals surface area contributed by atoms with E-state index in [0.29, 0.717) is 10.2 Å². The maximum absolute atomic E-state index is 12.2. The lowest BCUT2D eigenvalue weighted by molar-refractivity contribution is 0.134. The van der Waals surface area contributed by atoms with Crippen molar-refractivity contribution in [3.63, 3.8) is 0 Å². The number of benzene rings is 1. The molecule has 130 valence electrons. The lowest BCUT2D eigenvalue weighted by Gasteiger charge is -2.12. The predicted octanol–water partition coefficient (Wildman–Crippen LogP) is 3.85. The molecule has 7 heteroatoms. The van der Waals surface area contributed by atoms with Gasteiger partial charge in [-0.15, -0.1) is 11.3 Å². The molecule has 0 saturated carbocycles. The second-order valence-electron chi connectivity index (χ2n) is 5.73. The van der Waals surface area contributed by atoms with Gasteiger partial charge in [-0.3, -0.25) is 0 Å². The molecule has 1 N–H and O–H groups in total. The first-order chi connectivity index (χ1) is 12.0. The van der Waals surface area contributed by atoms with Crippen LogP contribution in [0.1, 0.15) is 34.9 Å². The van der Waals surface area contributed by atoms with Crippen LogP contribution in [0.5, 0.6) is 0 Å². The molecule has 0 aliphatic carbocycles. The fourth-order valence-electron chi connectivity index (χ4n) is 2.39. The van der Waals surface area contributed by atoms with E-state index in [1.807, 2.05) is 44.2 Å². The number of ether oxygens (including phenoxy) is 1. The molecule has 0 saturated heterocycles. The molecular formula is C18H18N2O4S. The third-order valence-electron chi connectivity index (χ3n) is 3.90. The van der Waals surface area contributed by atoms with Crippen LogP contribution >= 0.6 is 11.3 Å². The minimum atomic E-state index is -0.598. The molecule has 3 aromatic rings. The monoisotopic (exact) mass is 358 g/mol. The summed E-state index contributed by atoms with van der Waals surface area (Å²) in [4.78, 5) is 30.1. The summed E-state index contributed by atoms with van der Waals surface area (Å²) >= 11 is 1.44. The Morgan fingerprint density at radius 3 is 2.76 bits per heavy atom. The fourth-order valence-corrected chi connectivity index (χ4v) is 3.40. The number of nitrogens with one attached hydrogen (secondary N) is 1. The van der Waals surface area contributed by atoms with Crippen molar-refractivity contribution in [3.8, 4) is 0 Å². The second kappa shape index (κ2) is 7.06. The van der Waals surface area contributed by atoms with Crippen molar-refractivity contribution in [2.45, 2.75) is 33.4 Å². The maximum atomic E-state index is 12.2. The van der Waals surface area contributed by atoms with Crippen LogP contribution < -0.4 is 10.9 Å². The van der Waals surface area contributed by atoms with Gasteiger partial charge in [-0.1, -0.05) is 30.3 Å². The van der Waals surface area contributed by atoms with Gasteiger partial charge in [-0.25, -0.2) is 14.6 Å². The lowest BCUT2D eigenvalue weighted by Crippen LogP contribution is -2.28. The summed E-state index contributed by atoms with van der Waals surface area (Å²) in [5.41, 5.74) is 1.34. The van der Waals surface area contributed by atoms with Gasteiger partial charge in [0.15, 0.2) is 0 Å². The number of hydrogen-bond donors (Lipinski definition) is 1. The highest BCUT2D eigenvalue weighted by Crippen LogP contribution is 2.27.